The molecule has 0 saturated heterocycles. The van der Waals surface area contributed by atoms with Crippen LogP contribution in [0.1, 0.15) is 15.2 Å². The van der Waals surface area contributed by atoms with Gasteiger partial charge in [0.05, 0.1) is 27.9 Å². The zero-order chi connectivity index (χ0) is 21.4. The molecule has 2 amide bonds. The first-order valence-corrected chi connectivity index (χ1v) is 10.5. The number of hydrogen-bond acceptors (Lipinski definition) is 4. The molecule has 0 bridgehead atoms. The summed E-state index contributed by atoms with van der Waals surface area (Å²) in [6.45, 7) is 0.449. The van der Waals surface area contributed by atoms with Crippen molar-refractivity contribution in [1.29, 1.82) is 0 Å². The Balaban J connectivity index is 1.70. The van der Waals surface area contributed by atoms with Crippen LogP contribution in [-0.2, 0) is 6.42 Å². The first-order valence-electron chi connectivity index (χ1n) is 9.26. The van der Waals surface area contributed by atoms with Gasteiger partial charge in [0.15, 0.2) is 0 Å². The molecule has 2 heterocycles. The van der Waals surface area contributed by atoms with E-state index in [1.165, 1.54) is 18.4 Å². The Bertz CT molecular complexity index is 1140. The molecule has 154 valence electrons. The predicted octanol–water partition coefficient (Wildman–Crippen LogP) is 5.39. The van der Waals surface area contributed by atoms with Crippen LogP contribution in [0.4, 0.5) is 16.2 Å². The number of carboxylic acid groups (broad SMARTS) is 1. The van der Waals surface area contributed by atoms with Crippen LogP contribution in [0.2, 0.25) is 5.02 Å². The standard InChI is InChI=1S/C22H19ClN2O4S/c1-24(22(27)28)14-7-8-15-18(12-14)29-10-9-13-11-19(30-20(13)15)21(26)25(2)17-6-4-3-5-16(17)23/h3-8,11-12H,9-10H2,1-2H3,(H,27,28). The number of hydrogen-bond donors (Lipinski definition) is 1. The molecule has 1 aliphatic heterocycles. The van der Waals surface area contributed by atoms with Crippen LogP contribution < -0.4 is 14.5 Å². The summed E-state index contributed by atoms with van der Waals surface area (Å²) in [5, 5.41) is 9.73. The molecule has 3 aromatic rings. The molecule has 0 atom stereocenters. The fourth-order valence-electron chi connectivity index (χ4n) is 3.35. The summed E-state index contributed by atoms with van der Waals surface area (Å²) in [6, 6.07) is 14.4. The fraction of sp³-hybridized carbons (Fsp3) is 0.182. The summed E-state index contributed by atoms with van der Waals surface area (Å²) < 4.78 is 5.87. The third kappa shape index (κ3) is 3.62. The number of benzene rings is 2. The van der Waals surface area contributed by atoms with Crippen molar-refractivity contribution in [1.82, 2.24) is 0 Å². The second-order valence-electron chi connectivity index (χ2n) is 6.90. The maximum Gasteiger partial charge on any atom is 0.411 e. The van der Waals surface area contributed by atoms with Crippen LogP contribution >= 0.6 is 22.9 Å². The van der Waals surface area contributed by atoms with Crippen molar-refractivity contribution in [2.75, 3.05) is 30.5 Å². The maximum absolute atomic E-state index is 13.1. The molecule has 0 aliphatic carbocycles. The minimum absolute atomic E-state index is 0.133. The molecule has 2 aromatic carbocycles. The minimum atomic E-state index is -1.05. The number of thiophene rings is 1. The van der Waals surface area contributed by atoms with Gasteiger partial charge in [-0.2, -0.15) is 0 Å². The predicted molar refractivity (Wildman–Crippen MR) is 120 cm³/mol. The van der Waals surface area contributed by atoms with Crippen LogP contribution in [0.5, 0.6) is 5.75 Å². The van der Waals surface area contributed by atoms with Crippen molar-refractivity contribution in [2.24, 2.45) is 0 Å². The van der Waals surface area contributed by atoms with Gasteiger partial charge < -0.3 is 14.7 Å². The molecule has 4 rings (SSSR count). The Labute approximate surface area is 182 Å². The van der Waals surface area contributed by atoms with E-state index >= 15 is 0 Å². The number of carbonyl (C=O) groups is 2. The van der Waals surface area contributed by atoms with Gasteiger partial charge in [0.2, 0.25) is 0 Å². The molecule has 0 radical (unpaired) electrons. The first-order chi connectivity index (χ1) is 14.4. The third-order valence-electron chi connectivity index (χ3n) is 5.05. The molecule has 0 fully saturated rings. The van der Waals surface area contributed by atoms with E-state index < -0.39 is 6.09 Å². The van der Waals surface area contributed by atoms with Gasteiger partial charge in [0, 0.05) is 37.0 Å². The normalized spacial score (nSPS) is 12.2. The number of carbonyl (C=O) groups excluding carboxylic acids is 1. The number of para-hydroxylation sites is 1. The van der Waals surface area contributed by atoms with Crippen molar-refractivity contribution in [3.05, 3.63) is 64.0 Å². The SMILES string of the molecule is CN(C(=O)O)c1ccc2c(c1)OCCc1cc(C(=O)N(C)c3ccccc3Cl)sc1-2. The number of nitrogens with zero attached hydrogens (tertiary/aromatic N) is 2. The van der Waals surface area contributed by atoms with Gasteiger partial charge in [-0.1, -0.05) is 23.7 Å². The van der Waals surface area contributed by atoms with E-state index in [9.17, 15) is 14.7 Å². The van der Waals surface area contributed by atoms with E-state index in [1.54, 1.807) is 30.1 Å². The van der Waals surface area contributed by atoms with E-state index in [2.05, 4.69) is 0 Å². The Morgan fingerprint density at radius 1 is 1.10 bits per heavy atom. The highest BCUT2D eigenvalue weighted by molar-refractivity contribution is 7.17. The topological polar surface area (TPSA) is 70.1 Å². The van der Waals surface area contributed by atoms with Gasteiger partial charge in [0.25, 0.3) is 5.91 Å². The second kappa shape index (κ2) is 8.01. The lowest BCUT2D eigenvalue weighted by Crippen LogP contribution is -2.25. The summed E-state index contributed by atoms with van der Waals surface area (Å²) in [5.74, 6) is 0.477. The average molecular weight is 443 g/mol. The van der Waals surface area contributed by atoms with Crippen LogP contribution in [0.3, 0.4) is 0 Å². The Morgan fingerprint density at radius 3 is 2.60 bits per heavy atom. The molecule has 1 aliphatic rings. The van der Waals surface area contributed by atoms with Gasteiger partial charge in [-0.25, -0.2) is 4.79 Å². The fourth-order valence-corrected chi connectivity index (χ4v) is 4.83. The van der Waals surface area contributed by atoms with E-state index in [0.717, 1.165) is 20.9 Å². The van der Waals surface area contributed by atoms with Crippen molar-refractivity contribution < 1.29 is 19.4 Å². The van der Waals surface area contributed by atoms with Gasteiger partial charge in [0.1, 0.15) is 5.75 Å². The van der Waals surface area contributed by atoms with Crippen LogP contribution in [0.25, 0.3) is 10.4 Å². The van der Waals surface area contributed by atoms with E-state index in [4.69, 9.17) is 16.3 Å². The number of halogens is 1. The number of amides is 2. The Morgan fingerprint density at radius 2 is 1.87 bits per heavy atom. The second-order valence-corrected chi connectivity index (χ2v) is 8.36. The molecule has 30 heavy (non-hydrogen) atoms. The number of rotatable bonds is 3. The largest absolute Gasteiger partial charge is 0.492 e. The molecule has 1 aromatic heterocycles. The number of fused-ring (bicyclic) bond motifs is 3. The molecule has 6 nitrogen and oxygen atoms in total. The summed E-state index contributed by atoms with van der Waals surface area (Å²) >= 11 is 7.65. The molecular weight excluding hydrogens is 424 g/mol. The summed E-state index contributed by atoms with van der Waals surface area (Å²) in [7, 11) is 3.19. The van der Waals surface area contributed by atoms with Gasteiger partial charge in [-0.05, 0) is 35.9 Å². The Hall–Kier alpha value is -3.03. The minimum Gasteiger partial charge on any atom is -0.492 e. The maximum atomic E-state index is 13.1. The number of anilines is 2. The average Bonchev–Trinajstić information content (AvgIpc) is 3.08. The monoisotopic (exact) mass is 442 g/mol. The van der Waals surface area contributed by atoms with Crippen molar-refractivity contribution in [2.45, 2.75) is 6.42 Å². The highest BCUT2D eigenvalue weighted by Gasteiger charge is 2.24. The molecule has 0 unspecified atom stereocenters. The van der Waals surface area contributed by atoms with Gasteiger partial charge >= 0.3 is 6.09 Å². The number of ether oxygens (including phenoxy) is 1. The van der Waals surface area contributed by atoms with Crippen LogP contribution in [0.15, 0.2) is 48.5 Å². The lowest BCUT2D eigenvalue weighted by molar-refractivity contribution is 0.0996. The molecule has 0 spiro atoms. The van der Waals surface area contributed by atoms with E-state index in [0.29, 0.717) is 40.1 Å². The van der Waals surface area contributed by atoms with Crippen LogP contribution in [0, 0.1) is 0 Å². The van der Waals surface area contributed by atoms with Gasteiger partial charge in [-0.3, -0.25) is 9.69 Å². The first kappa shape index (κ1) is 20.3. The van der Waals surface area contributed by atoms with Crippen molar-refractivity contribution in [3.63, 3.8) is 0 Å². The molecule has 8 heteroatoms. The summed E-state index contributed by atoms with van der Waals surface area (Å²) in [5.41, 5.74) is 3.07. The van der Waals surface area contributed by atoms with Crippen LogP contribution in [-0.4, -0.2) is 37.8 Å². The summed E-state index contributed by atoms with van der Waals surface area (Å²) in [6.07, 6.45) is -0.385. The highest BCUT2D eigenvalue weighted by Crippen LogP contribution is 2.42. The Kier molecular flexibility index (Phi) is 5.40. The van der Waals surface area contributed by atoms with Gasteiger partial charge in [-0.15, -0.1) is 11.3 Å². The van der Waals surface area contributed by atoms with E-state index in [-0.39, 0.29) is 5.91 Å². The smallest absolute Gasteiger partial charge is 0.411 e. The lowest BCUT2D eigenvalue weighted by atomic mass is 10.1. The molecule has 0 saturated carbocycles. The highest BCUT2D eigenvalue weighted by atomic mass is 35.5. The zero-order valence-electron chi connectivity index (χ0n) is 16.4. The molecule has 1 N–H and O–H groups in total. The summed E-state index contributed by atoms with van der Waals surface area (Å²) in [4.78, 5) is 28.6. The quantitative estimate of drug-likeness (QED) is 0.590. The third-order valence-corrected chi connectivity index (χ3v) is 6.57. The van der Waals surface area contributed by atoms with Crippen molar-refractivity contribution in [3.8, 4) is 16.2 Å². The molecular formula is C22H19ClN2O4S. The lowest BCUT2D eigenvalue weighted by Gasteiger charge is -2.18. The van der Waals surface area contributed by atoms with Crippen molar-refractivity contribution >= 4 is 46.3 Å². The zero-order valence-corrected chi connectivity index (χ0v) is 18.0. The van der Waals surface area contributed by atoms with E-state index in [1.807, 2.05) is 30.3 Å².